The van der Waals surface area contributed by atoms with Gasteiger partial charge < -0.3 is 5.11 Å². The van der Waals surface area contributed by atoms with E-state index in [1.807, 2.05) is 36.4 Å². The van der Waals surface area contributed by atoms with Gasteiger partial charge in [-0.1, -0.05) is 46.3 Å². The van der Waals surface area contributed by atoms with Crippen LogP contribution in [0.4, 0.5) is 5.69 Å². The molecule has 0 saturated carbocycles. The van der Waals surface area contributed by atoms with Gasteiger partial charge in [0.25, 0.3) is 5.69 Å². The first kappa shape index (κ1) is 18.5. The minimum absolute atomic E-state index is 0.0920. The lowest BCUT2D eigenvalue weighted by Gasteiger charge is -2.07. The minimum atomic E-state index is -0.587. The average Bonchev–Trinajstić information content (AvgIpc) is 2.64. The number of hydrazone groups is 1. The van der Waals surface area contributed by atoms with Gasteiger partial charge in [0, 0.05) is 10.5 Å². The molecule has 0 aliphatic carbocycles. The van der Waals surface area contributed by atoms with Crippen molar-refractivity contribution in [1.29, 1.82) is 0 Å². The maximum absolute atomic E-state index is 12.2. The van der Waals surface area contributed by atoms with Gasteiger partial charge >= 0.3 is 0 Å². The lowest BCUT2D eigenvalue weighted by atomic mass is 10.0. The van der Waals surface area contributed by atoms with E-state index in [4.69, 9.17) is 0 Å². The normalized spacial score (nSPS) is 11.0. The largest absolute Gasteiger partial charge is 0.508 e. The molecule has 8 heteroatoms. The molecular formula is C19H14BrN3O4. The molecule has 0 saturated heterocycles. The van der Waals surface area contributed by atoms with Crippen molar-refractivity contribution in [3.05, 3.63) is 80.3 Å². The third-order valence-electron chi connectivity index (χ3n) is 3.91. The SMILES string of the molecule is O=C(Cc1ccc(Br)c2ccccc12)NN=Cc1cc(O)ccc1[N+](=O)[O-]. The quantitative estimate of drug-likeness (QED) is 0.365. The monoisotopic (exact) mass is 427 g/mol. The van der Waals surface area contributed by atoms with Gasteiger partial charge in [-0.05, 0) is 34.5 Å². The van der Waals surface area contributed by atoms with Crippen molar-refractivity contribution in [2.75, 3.05) is 0 Å². The number of nitro benzene ring substituents is 1. The van der Waals surface area contributed by atoms with Crippen LogP contribution in [-0.2, 0) is 11.2 Å². The summed E-state index contributed by atoms with van der Waals surface area (Å²) in [5, 5.41) is 26.2. The van der Waals surface area contributed by atoms with Crippen LogP contribution in [-0.4, -0.2) is 22.2 Å². The summed E-state index contributed by atoms with van der Waals surface area (Å²) in [7, 11) is 0. The number of hydrogen-bond acceptors (Lipinski definition) is 5. The summed E-state index contributed by atoms with van der Waals surface area (Å²) in [5.74, 6) is -0.490. The molecular weight excluding hydrogens is 414 g/mol. The summed E-state index contributed by atoms with van der Waals surface area (Å²) in [6, 6.07) is 15.0. The Morgan fingerprint density at radius 2 is 1.93 bits per heavy atom. The number of hydrogen-bond donors (Lipinski definition) is 2. The minimum Gasteiger partial charge on any atom is -0.508 e. The van der Waals surface area contributed by atoms with Gasteiger partial charge in [0.2, 0.25) is 5.91 Å². The summed E-state index contributed by atoms with van der Waals surface area (Å²) in [6.07, 6.45) is 1.24. The number of fused-ring (bicyclic) bond motifs is 1. The topological polar surface area (TPSA) is 105 Å². The van der Waals surface area contributed by atoms with E-state index in [-0.39, 0.29) is 29.3 Å². The summed E-state index contributed by atoms with van der Waals surface area (Å²) >= 11 is 3.49. The number of amides is 1. The molecule has 27 heavy (non-hydrogen) atoms. The van der Waals surface area contributed by atoms with Gasteiger partial charge in [0.05, 0.1) is 23.1 Å². The Bertz CT molecular complexity index is 1070. The average molecular weight is 428 g/mol. The number of phenols is 1. The van der Waals surface area contributed by atoms with Crippen LogP contribution >= 0.6 is 15.9 Å². The molecule has 0 spiro atoms. The van der Waals surface area contributed by atoms with Crippen molar-refractivity contribution in [3.63, 3.8) is 0 Å². The van der Waals surface area contributed by atoms with Gasteiger partial charge in [0.15, 0.2) is 0 Å². The van der Waals surface area contributed by atoms with Crippen LogP contribution in [0.5, 0.6) is 5.75 Å². The molecule has 0 aliphatic rings. The maximum atomic E-state index is 12.2. The number of nitro groups is 1. The van der Waals surface area contributed by atoms with Gasteiger partial charge in [-0.15, -0.1) is 0 Å². The predicted octanol–water partition coefficient (Wildman–Crippen LogP) is 3.91. The van der Waals surface area contributed by atoms with E-state index in [1.165, 1.54) is 18.2 Å². The molecule has 0 aromatic heterocycles. The number of carbonyl (C=O) groups excluding carboxylic acids is 1. The Kier molecular flexibility index (Phi) is 5.46. The maximum Gasteiger partial charge on any atom is 0.278 e. The van der Waals surface area contributed by atoms with Gasteiger partial charge in [-0.2, -0.15) is 5.10 Å². The van der Waals surface area contributed by atoms with E-state index in [9.17, 15) is 20.0 Å². The highest BCUT2D eigenvalue weighted by Crippen LogP contribution is 2.27. The Hall–Kier alpha value is -3.26. The zero-order valence-electron chi connectivity index (χ0n) is 13.9. The molecule has 3 aromatic rings. The highest BCUT2D eigenvalue weighted by molar-refractivity contribution is 9.10. The van der Waals surface area contributed by atoms with E-state index >= 15 is 0 Å². The molecule has 0 atom stereocenters. The summed E-state index contributed by atoms with van der Waals surface area (Å²) in [5.41, 5.74) is 3.07. The molecule has 0 bridgehead atoms. The number of phenolic OH excluding ortho intramolecular Hbond substituents is 1. The molecule has 7 nitrogen and oxygen atoms in total. The van der Waals surface area contributed by atoms with Crippen LogP contribution in [0.1, 0.15) is 11.1 Å². The van der Waals surface area contributed by atoms with E-state index < -0.39 is 4.92 Å². The zero-order valence-corrected chi connectivity index (χ0v) is 15.5. The molecule has 136 valence electrons. The van der Waals surface area contributed by atoms with Gasteiger partial charge in [0.1, 0.15) is 5.75 Å². The second kappa shape index (κ2) is 7.96. The Morgan fingerprint density at radius 3 is 2.67 bits per heavy atom. The van der Waals surface area contributed by atoms with Crippen molar-refractivity contribution in [1.82, 2.24) is 5.43 Å². The third-order valence-corrected chi connectivity index (χ3v) is 4.60. The third kappa shape index (κ3) is 4.29. The van der Waals surface area contributed by atoms with Crippen LogP contribution in [0.15, 0.2) is 64.2 Å². The Morgan fingerprint density at radius 1 is 1.19 bits per heavy atom. The van der Waals surface area contributed by atoms with Crippen molar-refractivity contribution in [2.45, 2.75) is 6.42 Å². The van der Waals surface area contributed by atoms with Crippen LogP contribution in [0.25, 0.3) is 10.8 Å². The predicted molar refractivity (Wildman–Crippen MR) is 106 cm³/mol. The summed E-state index contributed by atoms with van der Waals surface area (Å²) in [6.45, 7) is 0. The van der Waals surface area contributed by atoms with E-state index in [2.05, 4.69) is 26.5 Å². The second-order valence-electron chi connectivity index (χ2n) is 5.72. The zero-order chi connectivity index (χ0) is 19.4. The first-order chi connectivity index (χ1) is 13.0. The fourth-order valence-corrected chi connectivity index (χ4v) is 3.15. The highest BCUT2D eigenvalue weighted by Gasteiger charge is 2.13. The van der Waals surface area contributed by atoms with Crippen molar-refractivity contribution in [3.8, 4) is 5.75 Å². The molecule has 0 fully saturated rings. The van der Waals surface area contributed by atoms with Crippen molar-refractivity contribution in [2.24, 2.45) is 5.10 Å². The standard InChI is InChI=1S/C19H14BrN3O4/c20-17-7-5-12(15-3-1-2-4-16(15)17)10-19(25)22-21-11-13-9-14(24)6-8-18(13)23(26)27/h1-9,11,24H,10H2,(H,22,25). The molecule has 1 amide bonds. The first-order valence-corrected chi connectivity index (χ1v) is 8.70. The van der Waals surface area contributed by atoms with Gasteiger partial charge in [-0.3, -0.25) is 14.9 Å². The Balaban J connectivity index is 1.75. The highest BCUT2D eigenvalue weighted by atomic mass is 79.9. The second-order valence-corrected chi connectivity index (χ2v) is 6.58. The smallest absolute Gasteiger partial charge is 0.278 e. The molecule has 0 aliphatic heterocycles. The summed E-state index contributed by atoms with van der Waals surface area (Å²) < 4.78 is 0.941. The number of carbonyl (C=O) groups is 1. The van der Waals surface area contributed by atoms with Crippen molar-refractivity contribution >= 4 is 44.5 Å². The van der Waals surface area contributed by atoms with Crippen molar-refractivity contribution < 1.29 is 14.8 Å². The van der Waals surface area contributed by atoms with Crippen LogP contribution in [0.3, 0.4) is 0 Å². The number of halogens is 1. The van der Waals surface area contributed by atoms with E-state index in [0.717, 1.165) is 27.0 Å². The molecule has 3 rings (SSSR count). The fourth-order valence-electron chi connectivity index (χ4n) is 2.68. The number of rotatable bonds is 5. The molecule has 0 unspecified atom stereocenters. The molecule has 2 N–H and O–H groups in total. The number of nitrogens with one attached hydrogen (secondary N) is 1. The van der Waals surface area contributed by atoms with Crippen LogP contribution in [0.2, 0.25) is 0 Å². The number of aromatic hydroxyl groups is 1. The number of benzene rings is 3. The van der Waals surface area contributed by atoms with Crippen LogP contribution in [0, 0.1) is 10.1 Å². The van der Waals surface area contributed by atoms with Crippen LogP contribution < -0.4 is 5.43 Å². The number of nitrogens with zero attached hydrogens (tertiary/aromatic N) is 2. The lowest BCUT2D eigenvalue weighted by molar-refractivity contribution is -0.385. The summed E-state index contributed by atoms with van der Waals surface area (Å²) in [4.78, 5) is 22.6. The molecule has 0 heterocycles. The Labute approximate surface area is 162 Å². The fraction of sp³-hybridized carbons (Fsp3) is 0.0526. The lowest BCUT2D eigenvalue weighted by Crippen LogP contribution is -2.20. The van der Waals surface area contributed by atoms with E-state index in [1.54, 1.807) is 0 Å². The van der Waals surface area contributed by atoms with Gasteiger partial charge in [-0.25, -0.2) is 5.43 Å². The molecule has 0 radical (unpaired) electrons. The molecule has 3 aromatic carbocycles. The van der Waals surface area contributed by atoms with E-state index in [0.29, 0.717) is 0 Å². The first-order valence-electron chi connectivity index (χ1n) is 7.91.